The maximum Gasteiger partial charge on any atom is 0.305 e. The van der Waals surface area contributed by atoms with Crippen LogP contribution in [-0.4, -0.2) is 34.5 Å². The molecule has 2 saturated carbocycles. The zero-order chi connectivity index (χ0) is 21.1. The summed E-state index contributed by atoms with van der Waals surface area (Å²) < 4.78 is 6.18. The van der Waals surface area contributed by atoms with Crippen LogP contribution < -0.4 is 4.74 Å². The Morgan fingerprint density at radius 1 is 1.20 bits per heavy atom. The van der Waals surface area contributed by atoms with E-state index in [0.717, 1.165) is 49.8 Å². The van der Waals surface area contributed by atoms with Gasteiger partial charge in [-0.1, -0.05) is 30.5 Å². The number of allylic oxidation sites excluding steroid dienone is 1. The summed E-state index contributed by atoms with van der Waals surface area (Å²) in [6.45, 7) is 0.225. The van der Waals surface area contributed by atoms with Crippen LogP contribution in [0.5, 0.6) is 5.75 Å². The van der Waals surface area contributed by atoms with Crippen LogP contribution in [0.4, 0.5) is 0 Å². The molecule has 0 radical (unpaired) electrons. The van der Waals surface area contributed by atoms with Crippen molar-refractivity contribution in [2.45, 2.75) is 82.1 Å². The summed E-state index contributed by atoms with van der Waals surface area (Å²) in [6.07, 6.45) is 12.3. The van der Waals surface area contributed by atoms with Crippen molar-refractivity contribution < 1.29 is 19.4 Å². The van der Waals surface area contributed by atoms with Crippen molar-refractivity contribution in [3.63, 3.8) is 0 Å². The molecule has 3 aliphatic rings. The molecule has 1 heterocycles. The van der Waals surface area contributed by atoms with Crippen LogP contribution in [0, 0.1) is 0 Å². The number of rotatable bonds is 6. The van der Waals surface area contributed by atoms with Gasteiger partial charge in [0.15, 0.2) is 0 Å². The van der Waals surface area contributed by atoms with Crippen molar-refractivity contribution in [1.29, 1.82) is 0 Å². The standard InChI is InChI=1S/C24H30ClNO4/c25-20-14-17(9-10-21(20)30-19-7-2-1-3-8-19)24-12-5-4-6-18(24)16-26(22(27)15-24)13-11-23(28)29/h9-10,14,16,19H,1-8,11-13,15H2,(H,28,29). The van der Waals surface area contributed by atoms with E-state index in [-0.39, 0.29) is 30.4 Å². The number of carbonyl (C=O) groups is 2. The Kier molecular flexibility index (Phi) is 6.37. The lowest BCUT2D eigenvalue weighted by molar-refractivity contribution is -0.138. The molecule has 6 heteroatoms. The van der Waals surface area contributed by atoms with Crippen molar-refractivity contribution in [3.05, 3.63) is 40.6 Å². The second-order valence-electron chi connectivity index (χ2n) is 8.87. The van der Waals surface area contributed by atoms with Gasteiger partial charge in [0, 0.05) is 24.6 Å². The Morgan fingerprint density at radius 2 is 2.00 bits per heavy atom. The number of nitrogens with zero attached hydrogens (tertiary/aromatic N) is 1. The predicted molar refractivity (Wildman–Crippen MR) is 116 cm³/mol. The number of fused-ring (bicyclic) bond motifs is 1. The monoisotopic (exact) mass is 431 g/mol. The molecule has 0 saturated heterocycles. The Hall–Kier alpha value is -2.01. The highest BCUT2D eigenvalue weighted by atomic mass is 35.5. The van der Waals surface area contributed by atoms with Gasteiger partial charge in [-0.15, -0.1) is 0 Å². The minimum absolute atomic E-state index is 0.0134. The number of hydrogen-bond acceptors (Lipinski definition) is 3. The molecule has 162 valence electrons. The van der Waals surface area contributed by atoms with Gasteiger partial charge in [-0.05, 0) is 68.2 Å². The fourth-order valence-corrected chi connectivity index (χ4v) is 5.47. The summed E-state index contributed by atoms with van der Waals surface area (Å²) in [5.74, 6) is -0.169. The molecule has 2 aliphatic carbocycles. The Bertz CT molecular complexity index is 846. The number of ether oxygens (including phenoxy) is 1. The number of aliphatic carboxylic acids is 1. The summed E-state index contributed by atoms with van der Waals surface area (Å²) >= 11 is 6.64. The first-order valence-electron chi connectivity index (χ1n) is 11.2. The third-order valence-electron chi connectivity index (χ3n) is 6.90. The molecule has 1 N–H and O–H groups in total. The lowest BCUT2D eigenvalue weighted by Gasteiger charge is -2.45. The van der Waals surface area contributed by atoms with E-state index in [2.05, 4.69) is 6.07 Å². The van der Waals surface area contributed by atoms with Crippen molar-refractivity contribution in [1.82, 2.24) is 4.90 Å². The summed E-state index contributed by atoms with van der Waals surface area (Å²) in [7, 11) is 0. The van der Waals surface area contributed by atoms with Crippen LogP contribution in [0.2, 0.25) is 5.02 Å². The first-order chi connectivity index (χ1) is 14.5. The van der Waals surface area contributed by atoms with Gasteiger partial charge in [0.2, 0.25) is 5.91 Å². The molecule has 0 aromatic heterocycles. The van der Waals surface area contributed by atoms with Crippen molar-refractivity contribution in [3.8, 4) is 5.75 Å². The van der Waals surface area contributed by atoms with Gasteiger partial charge in [0.1, 0.15) is 5.75 Å². The van der Waals surface area contributed by atoms with Crippen molar-refractivity contribution >= 4 is 23.5 Å². The highest BCUT2D eigenvalue weighted by Crippen LogP contribution is 2.49. The number of carbonyl (C=O) groups excluding carboxylic acids is 1. The van der Waals surface area contributed by atoms with Gasteiger partial charge in [-0.2, -0.15) is 0 Å². The normalized spacial score (nSPS) is 24.9. The molecule has 1 unspecified atom stereocenters. The molecule has 30 heavy (non-hydrogen) atoms. The van der Waals surface area contributed by atoms with Gasteiger partial charge in [-0.25, -0.2) is 0 Å². The second-order valence-corrected chi connectivity index (χ2v) is 9.28. The summed E-state index contributed by atoms with van der Waals surface area (Å²) in [5, 5.41) is 9.59. The summed E-state index contributed by atoms with van der Waals surface area (Å²) in [4.78, 5) is 25.4. The predicted octanol–water partition coefficient (Wildman–Crippen LogP) is 5.45. The number of amides is 1. The second kappa shape index (κ2) is 9.01. The lowest BCUT2D eigenvalue weighted by atomic mass is 9.63. The molecule has 4 rings (SSSR count). The molecule has 5 nitrogen and oxygen atoms in total. The number of hydrogen-bond donors (Lipinski definition) is 1. The van der Waals surface area contributed by atoms with E-state index in [1.54, 1.807) is 4.90 Å². The molecule has 1 aromatic carbocycles. The third kappa shape index (κ3) is 4.36. The average molecular weight is 432 g/mol. The topological polar surface area (TPSA) is 66.8 Å². The van der Waals surface area contributed by atoms with Gasteiger partial charge in [-0.3, -0.25) is 9.59 Å². The van der Waals surface area contributed by atoms with E-state index in [0.29, 0.717) is 11.4 Å². The smallest absolute Gasteiger partial charge is 0.305 e. The SMILES string of the molecule is O=C(O)CCN1C=C2CCCCC2(c2ccc(OC3CCCCC3)c(Cl)c2)CC1=O. The van der Waals surface area contributed by atoms with Gasteiger partial charge in [0.05, 0.1) is 17.5 Å². The largest absolute Gasteiger partial charge is 0.489 e. The van der Waals surface area contributed by atoms with Gasteiger partial charge >= 0.3 is 5.97 Å². The van der Waals surface area contributed by atoms with E-state index in [4.69, 9.17) is 21.4 Å². The Labute approximate surface area is 183 Å². The molecule has 1 amide bonds. The minimum Gasteiger partial charge on any atom is -0.489 e. The van der Waals surface area contributed by atoms with Gasteiger partial charge < -0.3 is 14.7 Å². The van der Waals surface area contributed by atoms with Crippen LogP contribution in [0.15, 0.2) is 30.0 Å². The Morgan fingerprint density at radius 3 is 2.73 bits per heavy atom. The summed E-state index contributed by atoms with van der Waals surface area (Å²) in [5.41, 5.74) is 1.96. The lowest BCUT2D eigenvalue weighted by Crippen LogP contribution is -2.44. The summed E-state index contributed by atoms with van der Waals surface area (Å²) in [6, 6.07) is 6.02. The van der Waals surface area contributed by atoms with Crippen LogP contribution in [0.3, 0.4) is 0 Å². The first kappa shape index (κ1) is 21.2. The zero-order valence-corrected chi connectivity index (χ0v) is 18.1. The highest BCUT2D eigenvalue weighted by Gasteiger charge is 2.44. The van der Waals surface area contributed by atoms with Crippen LogP contribution in [0.25, 0.3) is 0 Å². The molecule has 0 bridgehead atoms. The molecular formula is C24H30ClNO4. The van der Waals surface area contributed by atoms with Crippen LogP contribution >= 0.6 is 11.6 Å². The third-order valence-corrected chi connectivity index (χ3v) is 7.19. The van der Waals surface area contributed by atoms with E-state index >= 15 is 0 Å². The average Bonchev–Trinajstić information content (AvgIpc) is 2.74. The highest BCUT2D eigenvalue weighted by molar-refractivity contribution is 6.32. The molecule has 2 fully saturated rings. The molecule has 1 atom stereocenters. The van der Waals surface area contributed by atoms with Crippen molar-refractivity contribution in [2.75, 3.05) is 6.54 Å². The fraction of sp³-hybridized carbons (Fsp3) is 0.583. The minimum atomic E-state index is -0.887. The maximum atomic E-state index is 12.9. The number of benzene rings is 1. The molecule has 1 aromatic rings. The maximum absolute atomic E-state index is 12.9. The van der Waals surface area contributed by atoms with E-state index in [9.17, 15) is 9.59 Å². The number of carboxylic acids is 1. The van der Waals surface area contributed by atoms with E-state index in [1.807, 2.05) is 18.3 Å². The van der Waals surface area contributed by atoms with Crippen LogP contribution in [-0.2, 0) is 15.0 Å². The quantitative estimate of drug-likeness (QED) is 0.649. The van der Waals surface area contributed by atoms with Crippen molar-refractivity contribution in [2.24, 2.45) is 0 Å². The zero-order valence-electron chi connectivity index (χ0n) is 17.4. The molecule has 0 spiro atoms. The molecule has 1 aliphatic heterocycles. The van der Waals surface area contributed by atoms with Crippen LogP contribution in [0.1, 0.15) is 76.2 Å². The van der Waals surface area contributed by atoms with E-state index < -0.39 is 5.97 Å². The molecular weight excluding hydrogens is 402 g/mol. The van der Waals surface area contributed by atoms with Gasteiger partial charge in [0.25, 0.3) is 0 Å². The Balaban J connectivity index is 1.59. The fourth-order valence-electron chi connectivity index (χ4n) is 5.25. The van der Waals surface area contributed by atoms with E-state index in [1.165, 1.54) is 24.8 Å². The number of carboxylic acid groups (broad SMARTS) is 1. The first-order valence-corrected chi connectivity index (χ1v) is 11.5. The number of halogens is 1.